The average molecular weight is 409 g/mol. The van der Waals surface area contributed by atoms with Crippen molar-refractivity contribution >= 4 is 29.1 Å². The van der Waals surface area contributed by atoms with E-state index in [0.29, 0.717) is 12.1 Å². The minimum atomic E-state index is -0.987. The van der Waals surface area contributed by atoms with Gasteiger partial charge in [0.15, 0.2) is 0 Å². The Labute approximate surface area is 174 Å². The topological polar surface area (TPSA) is 101 Å². The number of carbonyl (C=O) groups is 3. The molecule has 1 fully saturated rings. The molecule has 1 aliphatic rings. The summed E-state index contributed by atoms with van der Waals surface area (Å²) in [5, 5.41) is 11.1. The first-order valence-corrected chi connectivity index (χ1v) is 9.67. The number of hydrogen-bond donors (Lipinski definition) is 0. The lowest BCUT2D eigenvalue weighted by atomic mass is 9.94. The first kappa shape index (κ1) is 21.2. The second-order valence-electron chi connectivity index (χ2n) is 7.77. The minimum Gasteiger partial charge on any atom is -0.321 e. The van der Waals surface area contributed by atoms with Crippen LogP contribution in [0.2, 0.25) is 0 Å². The third-order valence-corrected chi connectivity index (χ3v) is 5.49. The molecule has 0 spiro atoms. The van der Waals surface area contributed by atoms with Crippen LogP contribution in [0.3, 0.4) is 0 Å². The highest BCUT2D eigenvalue weighted by atomic mass is 16.6. The molecule has 3 amide bonds. The highest BCUT2D eigenvalue weighted by molar-refractivity contribution is 6.23. The van der Waals surface area contributed by atoms with E-state index < -0.39 is 28.3 Å². The summed E-state index contributed by atoms with van der Waals surface area (Å²) in [6.45, 7) is 5.50. The fourth-order valence-electron chi connectivity index (χ4n) is 3.57. The number of benzene rings is 2. The third-order valence-electron chi connectivity index (χ3n) is 5.49. The van der Waals surface area contributed by atoms with Gasteiger partial charge in [-0.2, -0.15) is 0 Å². The van der Waals surface area contributed by atoms with E-state index in [2.05, 4.69) is 0 Å². The molecule has 0 aliphatic carbocycles. The average Bonchev–Trinajstić information content (AvgIpc) is 3.02. The summed E-state index contributed by atoms with van der Waals surface area (Å²) in [4.78, 5) is 52.4. The van der Waals surface area contributed by atoms with Gasteiger partial charge in [-0.1, -0.05) is 31.2 Å². The smallest absolute Gasteiger partial charge is 0.270 e. The molecule has 0 aromatic heterocycles. The van der Waals surface area contributed by atoms with Crippen LogP contribution in [0.5, 0.6) is 0 Å². The highest BCUT2D eigenvalue weighted by Crippen LogP contribution is 2.32. The van der Waals surface area contributed by atoms with Gasteiger partial charge in [-0.05, 0) is 38.5 Å². The Kier molecular flexibility index (Phi) is 5.69. The van der Waals surface area contributed by atoms with Crippen LogP contribution in [0.25, 0.3) is 0 Å². The summed E-state index contributed by atoms with van der Waals surface area (Å²) >= 11 is 0. The summed E-state index contributed by atoms with van der Waals surface area (Å²) in [6, 6.07) is 13.0. The molecule has 2 aromatic rings. The van der Waals surface area contributed by atoms with Crippen molar-refractivity contribution in [3.8, 4) is 0 Å². The Hall–Kier alpha value is -3.55. The summed E-state index contributed by atoms with van der Waals surface area (Å²) in [5.74, 6) is -1.39. The second-order valence-corrected chi connectivity index (χ2v) is 7.77. The Bertz CT molecular complexity index is 1000. The molecule has 2 aromatic carbocycles. The first-order valence-electron chi connectivity index (χ1n) is 9.67. The summed E-state index contributed by atoms with van der Waals surface area (Å²) in [7, 11) is 0. The van der Waals surface area contributed by atoms with E-state index in [0.717, 1.165) is 4.90 Å². The lowest BCUT2D eigenvalue weighted by Gasteiger charge is -2.41. The number of para-hydroxylation sites is 1. The number of rotatable bonds is 6. The van der Waals surface area contributed by atoms with E-state index in [1.807, 2.05) is 20.8 Å². The normalized spacial score (nSPS) is 16.6. The van der Waals surface area contributed by atoms with E-state index in [1.54, 1.807) is 30.3 Å². The number of imide groups is 1. The minimum absolute atomic E-state index is 0.101. The number of non-ortho nitro benzene ring substituents is 1. The van der Waals surface area contributed by atoms with Crippen LogP contribution in [-0.4, -0.2) is 39.1 Å². The molecule has 0 saturated carbocycles. The van der Waals surface area contributed by atoms with Gasteiger partial charge >= 0.3 is 0 Å². The Morgan fingerprint density at radius 3 is 2.43 bits per heavy atom. The Morgan fingerprint density at radius 2 is 1.83 bits per heavy atom. The molecule has 1 atom stereocenters. The maximum Gasteiger partial charge on any atom is 0.270 e. The maximum absolute atomic E-state index is 13.4. The number of hydrogen-bond acceptors (Lipinski definition) is 5. The van der Waals surface area contributed by atoms with Gasteiger partial charge in [-0.3, -0.25) is 24.5 Å². The van der Waals surface area contributed by atoms with Crippen LogP contribution >= 0.6 is 0 Å². The fraction of sp³-hybridized carbons (Fsp3) is 0.318. The zero-order valence-corrected chi connectivity index (χ0v) is 17.1. The van der Waals surface area contributed by atoms with Crippen LogP contribution in [0.4, 0.5) is 11.4 Å². The van der Waals surface area contributed by atoms with Gasteiger partial charge in [0.1, 0.15) is 6.04 Å². The molecule has 8 heteroatoms. The monoisotopic (exact) mass is 409 g/mol. The van der Waals surface area contributed by atoms with Crippen molar-refractivity contribution in [3.05, 3.63) is 70.3 Å². The van der Waals surface area contributed by atoms with Crippen molar-refractivity contribution < 1.29 is 19.3 Å². The number of nitro groups is 1. The van der Waals surface area contributed by atoms with Gasteiger partial charge in [0, 0.05) is 23.2 Å². The van der Waals surface area contributed by atoms with E-state index in [1.165, 1.54) is 29.2 Å². The van der Waals surface area contributed by atoms with Gasteiger partial charge in [0.2, 0.25) is 5.91 Å². The van der Waals surface area contributed by atoms with Gasteiger partial charge in [0.05, 0.1) is 17.0 Å². The van der Waals surface area contributed by atoms with E-state index in [4.69, 9.17) is 0 Å². The predicted octanol–water partition coefficient (Wildman–Crippen LogP) is 3.56. The van der Waals surface area contributed by atoms with Crippen molar-refractivity contribution in [2.75, 3.05) is 4.90 Å². The molecule has 30 heavy (non-hydrogen) atoms. The Morgan fingerprint density at radius 1 is 1.17 bits per heavy atom. The van der Waals surface area contributed by atoms with Crippen molar-refractivity contribution in [3.63, 3.8) is 0 Å². The molecular weight excluding hydrogens is 386 g/mol. The van der Waals surface area contributed by atoms with Crippen molar-refractivity contribution in [1.82, 2.24) is 4.90 Å². The molecule has 8 nitrogen and oxygen atoms in total. The second kappa shape index (κ2) is 8.06. The molecule has 1 heterocycles. The number of amides is 3. The molecule has 156 valence electrons. The SMILES string of the molecule is CCC(C)(C)N(C(=O)c1cccc([N+](=O)[O-])c1)C1CC(=O)N(c2ccccc2)C1=O. The van der Waals surface area contributed by atoms with Gasteiger partial charge in [-0.15, -0.1) is 0 Å². The first-order chi connectivity index (χ1) is 14.2. The van der Waals surface area contributed by atoms with Crippen molar-refractivity contribution in [1.29, 1.82) is 0 Å². The number of carbonyl (C=O) groups excluding carboxylic acids is 3. The van der Waals surface area contributed by atoms with Crippen LogP contribution in [0.1, 0.15) is 44.0 Å². The molecular formula is C22H23N3O5. The van der Waals surface area contributed by atoms with Gasteiger partial charge in [-0.25, -0.2) is 4.90 Å². The van der Waals surface area contributed by atoms with Crippen LogP contribution < -0.4 is 4.90 Å². The number of anilines is 1. The van der Waals surface area contributed by atoms with Gasteiger partial charge in [0.25, 0.3) is 17.5 Å². The standard InChI is InChI=1S/C22H23N3O5/c1-4-22(2,3)24(20(27)15-9-8-12-17(13-15)25(29)30)18-14-19(26)23(21(18)28)16-10-6-5-7-11-16/h5-13,18H,4,14H2,1-3H3. The zero-order valence-electron chi connectivity index (χ0n) is 17.1. The summed E-state index contributed by atoms with van der Waals surface area (Å²) in [6.07, 6.45) is 0.384. The quantitative estimate of drug-likeness (QED) is 0.412. The molecule has 1 aliphatic heterocycles. The van der Waals surface area contributed by atoms with Crippen LogP contribution in [0.15, 0.2) is 54.6 Å². The van der Waals surface area contributed by atoms with E-state index in [9.17, 15) is 24.5 Å². The lowest BCUT2D eigenvalue weighted by molar-refractivity contribution is -0.384. The largest absolute Gasteiger partial charge is 0.321 e. The highest BCUT2D eigenvalue weighted by Gasteiger charge is 2.48. The lowest BCUT2D eigenvalue weighted by Crippen LogP contribution is -2.55. The van der Waals surface area contributed by atoms with Crippen molar-refractivity contribution in [2.24, 2.45) is 0 Å². The Balaban J connectivity index is 2.02. The summed E-state index contributed by atoms with van der Waals surface area (Å²) < 4.78 is 0. The van der Waals surface area contributed by atoms with Gasteiger partial charge < -0.3 is 4.90 Å². The van der Waals surface area contributed by atoms with Crippen LogP contribution in [0, 0.1) is 10.1 Å². The van der Waals surface area contributed by atoms with E-state index in [-0.39, 0.29) is 23.6 Å². The fourth-order valence-corrected chi connectivity index (χ4v) is 3.57. The van der Waals surface area contributed by atoms with Crippen LogP contribution in [-0.2, 0) is 9.59 Å². The predicted molar refractivity (Wildman–Crippen MR) is 111 cm³/mol. The molecule has 0 bridgehead atoms. The number of nitro benzene ring substituents is 1. The molecule has 1 unspecified atom stereocenters. The molecule has 3 rings (SSSR count). The molecule has 0 radical (unpaired) electrons. The summed E-state index contributed by atoms with van der Waals surface area (Å²) in [5.41, 5.74) is -0.416. The molecule has 0 N–H and O–H groups in total. The zero-order chi connectivity index (χ0) is 22.1. The number of nitrogens with zero attached hydrogens (tertiary/aromatic N) is 3. The maximum atomic E-state index is 13.4. The molecule has 1 saturated heterocycles. The third kappa shape index (κ3) is 3.80. The van der Waals surface area contributed by atoms with Crippen molar-refractivity contribution in [2.45, 2.75) is 45.2 Å². The van der Waals surface area contributed by atoms with E-state index >= 15 is 0 Å².